The molecule has 1 N–H and O–H groups in total. The summed E-state index contributed by atoms with van der Waals surface area (Å²) in [7, 11) is 1.87. The maximum absolute atomic E-state index is 10.7. The molecule has 7 nitrogen and oxygen atoms in total. The Labute approximate surface area is 110 Å². The van der Waals surface area contributed by atoms with Crippen molar-refractivity contribution in [1.82, 2.24) is 19.7 Å². The number of imidazole rings is 1. The zero-order valence-electron chi connectivity index (χ0n) is 10.8. The summed E-state index contributed by atoms with van der Waals surface area (Å²) in [5.41, 5.74) is 1.00. The van der Waals surface area contributed by atoms with Gasteiger partial charge in [-0.2, -0.15) is 0 Å². The van der Waals surface area contributed by atoms with Gasteiger partial charge >= 0.3 is 5.97 Å². The van der Waals surface area contributed by atoms with Crippen LogP contribution in [0, 0.1) is 0 Å². The van der Waals surface area contributed by atoms with Gasteiger partial charge in [-0.1, -0.05) is 0 Å². The highest BCUT2D eigenvalue weighted by molar-refractivity contribution is 5.85. The number of rotatable bonds is 5. The zero-order chi connectivity index (χ0) is 13.8. The van der Waals surface area contributed by atoms with Crippen LogP contribution in [0.15, 0.2) is 24.7 Å². The van der Waals surface area contributed by atoms with Crippen molar-refractivity contribution in [3.63, 3.8) is 0 Å². The summed E-state index contributed by atoms with van der Waals surface area (Å²) in [6, 6.07) is 3.08. The summed E-state index contributed by atoms with van der Waals surface area (Å²) in [5, 5.41) is 16.3. The predicted octanol–water partition coefficient (Wildman–Crippen LogP) is 1.03. The molecule has 0 spiro atoms. The highest BCUT2D eigenvalue weighted by Crippen LogP contribution is 2.11. The van der Waals surface area contributed by atoms with E-state index in [4.69, 9.17) is 5.11 Å². The standard InChI is InChI=1S/C12H15N5O2/c1-3-17-8-13-6-9(17)7-16(2)11-5-4-10(12(18)19)14-15-11/h4-6,8H,3,7H2,1-2H3,(H,18,19). The Morgan fingerprint density at radius 3 is 2.79 bits per heavy atom. The first-order valence-electron chi connectivity index (χ1n) is 5.89. The molecule has 2 heterocycles. The number of carboxylic acids is 1. The Morgan fingerprint density at radius 2 is 2.21 bits per heavy atom. The molecular weight excluding hydrogens is 246 g/mol. The molecule has 0 aliphatic heterocycles. The number of hydrogen-bond donors (Lipinski definition) is 1. The summed E-state index contributed by atoms with van der Waals surface area (Å²) >= 11 is 0. The Bertz CT molecular complexity index is 564. The first kappa shape index (κ1) is 13.0. The smallest absolute Gasteiger partial charge is 0.356 e. The van der Waals surface area contributed by atoms with E-state index in [1.54, 1.807) is 18.6 Å². The zero-order valence-corrected chi connectivity index (χ0v) is 10.8. The molecule has 2 rings (SSSR count). The molecule has 100 valence electrons. The van der Waals surface area contributed by atoms with E-state index in [0.717, 1.165) is 12.2 Å². The van der Waals surface area contributed by atoms with Crippen LogP contribution in [0.5, 0.6) is 0 Å². The lowest BCUT2D eigenvalue weighted by Gasteiger charge is -2.18. The monoisotopic (exact) mass is 261 g/mol. The summed E-state index contributed by atoms with van der Waals surface area (Å²) < 4.78 is 2.04. The van der Waals surface area contributed by atoms with E-state index in [2.05, 4.69) is 15.2 Å². The second-order valence-corrected chi connectivity index (χ2v) is 4.11. The van der Waals surface area contributed by atoms with Crippen LogP contribution in [0.4, 0.5) is 5.82 Å². The third-order valence-corrected chi connectivity index (χ3v) is 2.80. The number of aryl methyl sites for hydroxylation is 1. The normalized spacial score (nSPS) is 10.4. The van der Waals surface area contributed by atoms with Crippen molar-refractivity contribution in [2.24, 2.45) is 0 Å². The van der Waals surface area contributed by atoms with E-state index < -0.39 is 5.97 Å². The first-order chi connectivity index (χ1) is 9.11. The van der Waals surface area contributed by atoms with E-state index in [0.29, 0.717) is 12.4 Å². The minimum Gasteiger partial charge on any atom is -0.476 e. The van der Waals surface area contributed by atoms with Crippen LogP contribution in [-0.2, 0) is 13.1 Å². The van der Waals surface area contributed by atoms with Crippen molar-refractivity contribution in [2.75, 3.05) is 11.9 Å². The second kappa shape index (κ2) is 5.47. The quantitative estimate of drug-likeness (QED) is 0.865. The molecule has 0 saturated heterocycles. The maximum atomic E-state index is 10.7. The molecule has 0 atom stereocenters. The van der Waals surface area contributed by atoms with Gasteiger partial charge < -0.3 is 14.6 Å². The van der Waals surface area contributed by atoms with Crippen LogP contribution >= 0.6 is 0 Å². The number of carbonyl (C=O) groups is 1. The fourth-order valence-electron chi connectivity index (χ4n) is 1.73. The molecule has 19 heavy (non-hydrogen) atoms. The van der Waals surface area contributed by atoms with Crippen molar-refractivity contribution in [1.29, 1.82) is 0 Å². The number of hydrogen-bond acceptors (Lipinski definition) is 5. The van der Waals surface area contributed by atoms with E-state index in [-0.39, 0.29) is 5.69 Å². The highest BCUT2D eigenvalue weighted by Gasteiger charge is 2.10. The number of aromatic nitrogens is 4. The third kappa shape index (κ3) is 2.87. The van der Waals surface area contributed by atoms with Crippen molar-refractivity contribution in [3.05, 3.63) is 36.0 Å². The molecule has 0 amide bonds. The topological polar surface area (TPSA) is 84.1 Å². The van der Waals surface area contributed by atoms with Gasteiger partial charge in [0.1, 0.15) is 0 Å². The lowest BCUT2D eigenvalue weighted by molar-refractivity contribution is 0.0689. The number of aromatic carboxylic acids is 1. The third-order valence-electron chi connectivity index (χ3n) is 2.80. The number of anilines is 1. The van der Waals surface area contributed by atoms with Crippen molar-refractivity contribution < 1.29 is 9.90 Å². The Morgan fingerprint density at radius 1 is 1.42 bits per heavy atom. The minimum absolute atomic E-state index is 0.0595. The molecule has 0 radical (unpaired) electrons. The van der Waals surface area contributed by atoms with Crippen LogP contribution in [0.1, 0.15) is 23.1 Å². The van der Waals surface area contributed by atoms with E-state index in [1.165, 1.54) is 6.07 Å². The van der Waals surface area contributed by atoms with Gasteiger partial charge in [0, 0.05) is 19.8 Å². The largest absolute Gasteiger partial charge is 0.476 e. The van der Waals surface area contributed by atoms with Gasteiger partial charge in [-0.05, 0) is 19.1 Å². The van der Waals surface area contributed by atoms with Crippen LogP contribution in [0.2, 0.25) is 0 Å². The SMILES string of the molecule is CCn1cncc1CN(C)c1ccc(C(=O)O)nn1. The lowest BCUT2D eigenvalue weighted by Crippen LogP contribution is -2.20. The van der Waals surface area contributed by atoms with Crippen molar-refractivity contribution in [3.8, 4) is 0 Å². The molecule has 0 aliphatic carbocycles. The number of nitrogens with zero attached hydrogens (tertiary/aromatic N) is 5. The van der Waals surface area contributed by atoms with Gasteiger partial charge in [0.15, 0.2) is 11.5 Å². The molecule has 2 aromatic heterocycles. The Balaban J connectivity index is 2.11. The summed E-state index contributed by atoms with van der Waals surface area (Å²) in [5.74, 6) is -0.459. The maximum Gasteiger partial charge on any atom is 0.356 e. The van der Waals surface area contributed by atoms with Crippen molar-refractivity contribution >= 4 is 11.8 Å². The second-order valence-electron chi connectivity index (χ2n) is 4.11. The molecule has 0 fully saturated rings. The molecule has 0 saturated carbocycles. The summed E-state index contributed by atoms with van der Waals surface area (Å²) in [6.45, 7) is 3.54. The van der Waals surface area contributed by atoms with E-state index >= 15 is 0 Å². The molecule has 0 aliphatic rings. The van der Waals surface area contributed by atoms with Crippen LogP contribution in [0.3, 0.4) is 0 Å². The molecular formula is C12H15N5O2. The molecule has 2 aromatic rings. The van der Waals surface area contributed by atoms with E-state index in [1.807, 2.05) is 23.4 Å². The van der Waals surface area contributed by atoms with Crippen LogP contribution in [0.25, 0.3) is 0 Å². The van der Waals surface area contributed by atoms with Crippen LogP contribution < -0.4 is 4.90 Å². The summed E-state index contributed by atoms with van der Waals surface area (Å²) in [6.07, 6.45) is 3.58. The fraction of sp³-hybridized carbons (Fsp3) is 0.333. The van der Waals surface area contributed by atoms with Gasteiger partial charge in [0.25, 0.3) is 0 Å². The Kier molecular flexibility index (Phi) is 3.74. The van der Waals surface area contributed by atoms with Crippen molar-refractivity contribution in [2.45, 2.75) is 20.0 Å². The number of carboxylic acid groups (broad SMARTS) is 1. The minimum atomic E-state index is -1.08. The lowest BCUT2D eigenvalue weighted by atomic mass is 10.3. The highest BCUT2D eigenvalue weighted by atomic mass is 16.4. The van der Waals surface area contributed by atoms with Gasteiger partial charge in [-0.15, -0.1) is 10.2 Å². The van der Waals surface area contributed by atoms with Gasteiger partial charge in [-0.3, -0.25) is 0 Å². The average molecular weight is 261 g/mol. The first-order valence-corrected chi connectivity index (χ1v) is 5.89. The van der Waals surface area contributed by atoms with Gasteiger partial charge in [0.05, 0.1) is 18.6 Å². The average Bonchev–Trinajstić information content (AvgIpc) is 2.86. The van der Waals surface area contributed by atoms with Gasteiger partial charge in [0.2, 0.25) is 0 Å². The van der Waals surface area contributed by atoms with Gasteiger partial charge in [-0.25, -0.2) is 9.78 Å². The summed E-state index contributed by atoms with van der Waals surface area (Å²) in [4.78, 5) is 16.7. The molecule has 7 heteroatoms. The fourth-order valence-corrected chi connectivity index (χ4v) is 1.73. The molecule has 0 aromatic carbocycles. The molecule has 0 bridgehead atoms. The van der Waals surface area contributed by atoms with E-state index in [9.17, 15) is 4.79 Å². The van der Waals surface area contributed by atoms with Crippen LogP contribution in [-0.4, -0.2) is 37.9 Å². The molecule has 0 unspecified atom stereocenters. The Hall–Kier alpha value is -2.44. The predicted molar refractivity (Wildman–Crippen MR) is 69.0 cm³/mol.